The first-order valence-electron chi connectivity index (χ1n) is 3.80. The van der Waals surface area contributed by atoms with E-state index < -0.39 is 0 Å². The van der Waals surface area contributed by atoms with Gasteiger partial charge in [0.25, 0.3) is 0 Å². The van der Waals surface area contributed by atoms with E-state index in [0.717, 1.165) is 5.71 Å². The summed E-state index contributed by atoms with van der Waals surface area (Å²) in [7, 11) is 1.81. The van der Waals surface area contributed by atoms with Gasteiger partial charge >= 0.3 is 0 Å². The molecule has 3 nitrogen and oxygen atoms in total. The van der Waals surface area contributed by atoms with Gasteiger partial charge in [0, 0.05) is 12.8 Å². The van der Waals surface area contributed by atoms with E-state index in [-0.39, 0.29) is 17.0 Å². The quantitative estimate of drug-likeness (QED) is 0.469. The van der Waals surface area contributed by atoms with Crippen LogP contribution in [0, 0.1) is 5.41 Å². The Bertz CT molecular complexity index is 284. The third-order valence-electron chi connectivity index (χ3n) is 3.44. The number of β-lactam (4-membered cyclic amide) rings is 1. The Morgan fingerprint density at radius 2 is 2.00 bits per heavy atom. The van der Waals surface area contributed by atoms with E-state index in [1.54, 1.807) is 11.9 Å². The molecule has 1 amide bonds. The molecule has 2 atom stereocenters. The Kier molecular flexibility index (Phi) is 0.841. The monoisotopic (exact) mass is 152 g/mol. The van der Waals surface area contributed by atoms with Crippen molar-refractivity contribution in [2.45, 2.75) is 26.4 Å². The van der Waals surface area contributed by atoms with E-state index in [1.165, 1.54) is 0 Å². The summed E-state index contributed by atoms with van der Waals surface area (Å²) < 4.78 is 0. The third-order valence-corrected chi connectivity index (χ3v) is 3.44. The Morgan fingerprint density at radius 3 is 2.27 bits per heavy atom. The smallest absolute Gasteiger partial charge is 0.240 e. The van der Waals surface area contributed by atoms with Crippen LogP contribution >= 0.6 is 0 Å². The van der Waals surface area contributed by atoms with Crippen molar-refractivity contribution in [1.29, 1.82) is 0 Å². The summed E-state index contributed by atoms with van der Waals surface area (Å²) in [6.07, 6.45) is 0. The lowest BCUT2D eigenvalue weighted by Crippen LogP contribution is -2.81. The topological polar surface area (TPSA) is 32.7 Å². The summed E-state index contributed by atoms with van der Waals surface area (Å²) in [4.78, 5) is 17.5. The number of nitrogens with zero attached hydrogens (tertiary/aromatic N) is 2. The van der Waals surface area contributed by atoms with E-state index in [9.17, 15) is 4.79 Å². The second kappa shape index (κ2) is 1.36. The standard InChI is InChI=1S/C8H12N2O/c1-5-7(2)6(11)10(4)8(7,3)9-5/h1-4H3. The van der Waals surface area contributed by atoms with Gasteiger partial charge < -0.3 is 4.90 Å². The molecule has 0 spiro atoms. The van der Waals surface area contributed by atoms with Crippen molar-refractivity contribution in [3.63, 3.8) is 0 Å². The summed E-state index contributed by atoms with van der Waals surface area (Å²) in [5, 5.41) is 0. The Balaban J connectivity index is 2.49. The molecule has 0 aromatic carbocycles. The van der Waals surface area contributed by atoms with Crippen LogP contribution in [0.3, 0.4) is 0 Å². The first-order valence-corrected chi connectivity index (χ1v) is 3.80. The van der Waals surface area contributed by atoms with Gasteiger partial charge in [-0.3, -0.25) is 9.79 Å². The van der Waals surface area contributed by atoms with Crippen molar-refractivity contribution in [2.24, 2.45) is 10.4 Å². The molecule has 0 aliphatic carbocycles. The van der Waals surface area contributed by atoms with Gasteiger partial charge in [-0.05, 0) is 20.8 Å². The minimum Gasteiger partial charge on any atom is -0.319 e. The molecule has 1 fully saturated rings. The number of carbonyl (C=O) groups excluding carboxylic acids is 1. The second-order valence-electron chi connectivity index (χ2n) is 3.71. The molecule has 1 saturated heterocycles. The van der Waals surface area contributed by atoms with Crippen molar-refractivity contribution in [3.8, 4) is 0 Å². The molecule has 2 heterocycles. The summed E-state index contributed by atoms with van der Waals surface area (Å²) >= 11 is 0. The van der Waals surface area contributed by atoms with Gasteiger partial charge in [-0.2, -0.15) is 0 Å². The first kappa shape index (κ1) is 6.83. The molecular formula is C8H12N2O. The average molecular weight is 152 g/mol. The Morgan fingerprint density at radius 1 is 1.45 bits per heavy atom. The number of hydrogen-bond acceptors (Lipinski definition) is 2. The molecule has 2 unspecified atom stereocenters. The molecule has 0 bridgehead atoms. The van der Waals surface area contributed by atoms with Gasteiger partial charge in [-0.1, -0.05) is 0 Å². The molecule has 3 heteroatoms. The molecule has 2 rings (SSSR count). The number of aliphatic imine (C=N–C) groups is 1. The Labute approximate surface area is 66.1 Å². The minimum atomic E-state index is -0.276. The van der Waals surface area contributed by atoms with Crippen LogP contribution < -0.4 is 0 Å². The fourth-order valence-corrected chi connectivity index (χ4v) is 2.09. The highest BCUT2D eigenvalue weighted by atomic mass is 16.2. The number of hydrogen-bond donors (Lipinski definition) is 0. The number of rotatable bonds is 0. The fraction of sp³-hybridized carbons (Fsp3) is 0.750. The largest absolute Gasteiger partial charge is 0.319 e. The predicted molar refractivity (Wildman–Crippen MR) is 42.4 cm³/mol. The molecule has 0 aromatic heterocycles. The van der Waals surface area contributed by atoms with Crippen LogP contribution in [0.1, 0.15) is 20.8 Å². The van der Waals surface area contributed by atoms with E-state index >= 15 is 0 Å². The van der Waals surface area contributed by atoms with Crippen molar-refractivity contribution in [3.05, 3.63) is 0 Å². The molecule has 11 heavy (non-hydrogen) atoms. The second-order valence-corrected chi connectivity index (χ2v) is 3.71. The molecular weight excluding hydrogens is 140 g/mol. The lowest BCUT2D eigenvalue weighted by atomic mass is 9.60. The van der Waals surface area contributed by atoms with Gasteiger partial charge in [-0.25, -0.2) is 0 Å². The zero-order valence-corrected chi connectivity index (χ0v) is 7.30. The van der Waals surface area contributed by atoms with Gasteiger partial charge in [0.1, 0.15) is 5.41 Å². The van der Waals surface area contributed by atoms with Gasteiger partial charge in [0.15, 0.2) is 5.66 Å². The molecule has 60 valence electrons. The van der Waals surface area contributed by atoms with Crippen LogP contribution in [0.2, 0.25) is 0 Å². The maximum Gasteiger partial charge on any atom is 0.240 e. The zero-order chi connectivity index (χ0) is 8.44. The summed E-state index contributed by atoms with van der Waals surface area (Å²) in [6, 6.07) is 0. The highest BCUT2D eigenvalue weighted by molar-refractivity contribution is 6.17. The van der Waals surface area contributed by atoms with Crippen LogP contribution in [0.25, 0.3) is 0 Å². The first-order chi connectivity index (χ1) is 4.94. The van der Waals surface area contributed by atoms with Crippen molar-refractivity contribution < 1.29 is 4.79 Å². The lowest BCUT2D eigenvalue weighted by Gasteiger charge is -2.64. The molecule has 2 aliphatic heterocycles. The molecule has 0 saturated carbocycles. The summed E-state index contributed by atoms with van der Waals surface area (Å²) in [5.74, 6) is 0.201. The maximum atomic E-state index is 11.4. The number of carbonyl (C=O) groups is 1. The van der Waals surface area contributed by atoms with Gasteiger partial charge in [-0.15, -0.1) is 0 Å². The highest BCUT2D eigenvalue weighted by Gasteiger charge is 2.72. The van der Waals surface area contributed by atoms with Crippen LogP contribution in [-0.2, 0) is 4.79 Å². The summed E-state index contributed by atoms with van der Waals surface area (Å²) in [5.41, 5.74) is 0.471. The predicted octanol–water partition coefficient (Wildman–Crippen LogP) is 0.655. The Hall–Kier alpha value is -0.860. The van der Waals surface area contributed by atoms with Gasteiger partial charge in [0.2, 0.25) is 5.91 Å². The van der Waals surface area contributed by atoms with E-state index in [4.69, 9.17) is 0 Å². The lowest BCUT2D eigenvalue weighted by molar-refractivity contribution is -0.177. The fourth-order valence-electron chi connectivity index (χ4n) is 2.09. The van der Waals surface area contributed by atoms with E-state index in [1.807, 2.05) is 20.8 Å². The van der Waals surface area contributed by atoms with Crippen LogP contribution in [-0.4, -0.2) is 29.2 Å². The number of likely N-dealkylation sites (tertiary alicyclic amines) is 1. The maximum absolute atomic E-state index is 11.4. The van der Waals surface area contributed by atoms with Crippen LogP contribution in [0.4, 0.5) is 0 Å². The van der Waals surface area contributed by atoms with Crippen LogP contribution in [0.15, 0.2) is 4.99 Å². The van der Waals surface area contributed by atoms with E-state index in [2.05, 4.69) is 4.99 Å². The number of amides is 1. The third kappa shape index (κ3) is 0.377. The van der Waals surface area contributed by atoms with Crippen molar-refractivity contribution in [1.82, 2.24) is 4.90 Å². The van der Waals surface area contributed by atoms with E-state index in [0.29, 0.717) is 0 Å². The van der Waals surface area contributed by atoms with Crippen molar-refractivity contribution in [2.75, 3.05) is 7.05 Å². The number of fused-ring (bicyclic) bond motifs is 1. The van der Waals surface area contributed by atoms with Gasteiger partial charge in [0.05, 0.1) is 0 Å². The molecule has 0 radical (unpaired) electrons. The minimum absolute atomic E-state index is 0.201. The SMILES string of the molecule is CC1=NC2(C)N(C)C(=O)C12C. The van der Waals surface area contributed by atoms with Crippen LogP contribution in [0.5, 0.6) is 0 Å². The average Bonchev–Trinajstić information content (AvgIpc) is 2.00. The summed E-state index contributed by atoms with van der Waals surface area (Å²) in [6.45, 7) is 5.89. The zero-order valence-electron chi connectivity index (χ0n) is 7.30. The molecule has 0 aromatic rings. The molecule has 2 aliphatic rings. The molecule has 0 N–H and O–H groups in total. The van der Waals surface area contributed by atoms with Crippen molar-refractivity contribution >= 4 is 11.6 Å². The highest BCUT2D eigenvalue weighted by Crippen LogP contribution is 2.55. The normalized spacial score (nSPS) is 47.5.